The normalized spacial score (nSPS) is 13.6. The molecule has 0 saturated heterocycles. The molecular formula is C7H18N2O2. The molecule has 0 aromatic rings. The van der Waals surface area contributed by atoms with E-state index in [2.05, 4.69) is 0 Å². The molecule has 0 atom stereocenters. The Bertz CT molecular complexity index is 110. The van der Waals surface area contributed by atoms with Gasteiger partial charge in [0.05, 0.1) is 11.2 Å². The average Bonchev–Trinajstić information content (AvgIpc) is 1.86. The Hall–Kier alpha value is -0.160. The van der Waals surface area contributed by atoms with Crippen molar-refractivity contribution in [2.45, 2.75) is 45.3 Å². The molecule has 4 heteroatoms. The highest BCUT2D eigenvalue weighted by Gasteiger charge is 2.29. The zero-order valence-corrected chi connectivity index (χ0v) is 7.68. The number of hydrogen-bond donors (Lipinski definition) is 2. The van der Waals surface area contributed by atoms with Crippen LogP contribution in [0.25, 0.3) is 0 Å². The predicted molar refractivity (Wildman–Crippen MR) is 43.3 cm³/mol. The van der Waals surface area contributed by atoms with Crippen LogP contribution in [0.4, 0.5) is 0 Å². The van der Waals surface area contributed by atoms with Crippen molar-refractivity contribution in [3.8, 4) is 0 Å². The zero-order chi connectivity index (χ0) is 9.12. The lowest BCUT2D eigenvalue weighted by Crippen LogP contribution is -2.40. The fourth-order valence-electron chi connectivity index (χ4n) is 1.11. The highest BCUT2D eigenvalue weighted by Crippen LogP contribution is 2.23. The van der Waals surface area contributed by atoms with E-state index < -0.39 is 11.2 Å². The van der Waals surface area contributed by atoms with Gasteiger partial charge in [-0.3, -0.25) is 9.68 Å². The van der Waals surface area contributed by atoms with Crippen molar-refractivity contribution in [3.63, 3.8) is 0 Å². The van der Waals surface area contributed by atoms with Crippen molar-refractivity contribution in [2.75, 3.05) is 0 Å². The summed E-state index contributed by atoms with van der Waals surface area (Å²) in [4.78, 5) is 9.48. The lowest BCUT2D eigenvalue weighted by molar-refractivity contribution is -0.104. The Morgan fingerprint density at radius 1 is 0.909 bits per heavy atom. The van der Waals surface area contributed by atoms with Gasteiger partial charge >= 0.3 is 0 Å². The summed E-state index contributed by atoms with van der Waals surface area (Å²) < 4.78 is 0. The topological polar surface area (TPSA) is 70.5 Å². The highest BCUT2D eigenvalue weighted by molar-refractivity contribution is 4.79. The maximum Gasteiger partial charge on any atom is 0.0865 e. The van der Waals surface area contributed by atoms with E-state index in [0.717, 1.165) is 0 Å². The van der Waals surface area contributed by atoms with Crippen LogP contribution in [-0.4, -0.2) is 11.2 Å². The van der Waals surface area contributed by atoms with E-state index in [-0.39, 0.29) is 0 Å². The van der Waals surface area contributed by atoms with E-state index in [1.807, 2.05) is 27.7 Å². The molecule has 11 heavy (non-hydrogen) atoms. The molecule has 0 unspecified atom stereocenters. The first-order valence-electron chi connectivity index (χ1n) is 3.59. The maximum atomic E-state index is 5.07. The van der Waals surface area contributed by atoms with Crippen LogP contribution in [0.3, 0.4) is 0 Å². The molecule has 0 rings (SSSR count). The van der Waals surface area contributed by atoms with E-state index in [4.69, 9.17) is 21.5 Å². The van der Waals surface area contributed by atoms with Gasteiger partial charge in [0.1, 0.15) is 0 Å². The SMILES string of the molecule is CC(C)(CC(C)(C)ON)ON. The molecular weight excluding hydrogens is 144 g/mol. The summed E-state index contributed by atoms with van der Waals surface area (Å²) in [5.74, 6) is 10.1. The van der Waals surface area contributed by atoms with Crippen molar-refractivity contribution >= 4 is 0 Å². The predicted octanol–water partition coefficient (Wildman–Crippen LogP) is 0.714. The van der Waals surface area contributed by atoms with E-state index in [1.54, 1.807) is 0 Å². The largest absolute Gasteiger partial charge is 0.299 e. The lowest BCUT2D eigenvalue weighted by Gasteiger charge is -2.31. The molecule has 0 aromatic heterocycles. The molecule has 0 aliphatic heterocycles. The highest BCUT2D eigenvalue weighted by atomic mass is 16.6. The van der Waals surface area contributed by atoms with Crippen LogP contribution in [0.2, 0.25) is 0 Å². The number of nitrogens with two attached hydrogens (primary N) is 2. The monoisotopic (exact) mass is 162 g/mol. The van der Waals surface area contributed by atoms with Gasteiger partial charge in [-0.15, -0.1) is 0 Å². The minimum atomic E-state index is -0.400. The minimum absolute atomic E-state index is 0.400. The maximum absolute atomic E-state index is 5.07. The summed E-state index contributed by atoms with van der Waals surface area (Å²) in [6.07, 6.45) is 0.646. The molecule has 4 nitrogen and oxygen atoms in total. The van der Waals surface area contributed by atoms with Crippen LogP contribution in [0.5, 0.6) is 0 Å². The first kappa shape index (κ1) is 10.8. The molecule has 0 aromatic carbocycles. The van der Waals surface area contributed by atoms with Crippen LogP contribution >= 0.6 is 0 Å². The van der Waals surface area contributed by atoms with Crippen molar-refractivity contribution in [3.05, 3.63) is 0 Å². The third-order valence-corrected chi connectivity index (χ3v) is 1.49. The van der Waals surface area contributed by atoms with Crippen LogP contribution < -0.4 is 11.8 Å². The zero-order valence-electron chi connectivity index (χ0n) is 7.68. The van der Waals surface area contributed by atoms with E-state index in [9.17, 15) is 0 Å². The van der Waals surface area contributed by atoms with Gasteiger partial charge in [-0.25, -0.2) is 11.8 Å². The molecule has 0 saturated carbocycles. The average molecular weight is 162 g/mol. The Kier molecular flexibility index (Phi) is 3.44. The molecule has 0 aliphatic carbocycles. The van der Waals surface area contributed by atoms with Crippen molar-refractivity contribution in [2.24, 2.45) is 11.8 Å². The summed E-state index contributed by atoms with van der Waals surface area (Å²) in [5, 5.41) is 0. The van der Waals surface area contributed by atoms with Crippen LogP contribution in [0.1, 0.15) is 34.1 Å². The third kappa shape index (κ3) is 4.31. The second-order valence-electron chi connectivity index (χ2n) is 3.93. The first-order chi connectivity index (χ1) is 4.83. The smallest absolute Gasteiger partial charge is 0.0865 e. The molecule has 0 bridgehead atoms. The van der Waals surface area contributed by atoms with Crippen LogP contribution in [0.15, 0.2) is 0 Å². The third-order valence-electron chi connectivity index (χ3n) is 1.49. The van der Waals surface area contributed by atoms with E-state index >= 15 is 0 Å². The number of rotatable bonds is 4. The molecule has 68 valence electrons. The van der Waals surface area contributed by atoms with Crippen LogP contribution in [0, 0.1) is 0 Å². The van der Waals surface area contributed by atoms with Gasteiger partial charge in [-0.2, -0.15) is 0 Å². The van der Waals surface area contributed by atoms with Gasteiger partial charge < -0.3 is 0 Å². The second kappa shape index (κ2) is 3.49. The summed E-state index contributed by atoms with van der Waals surface area (Å²) in [5.41, 5.74) is -0.800. The van der Waals surface area contributed by atoms with E-state index in [0.29, 0.717) is 6.42 Å². The Morgan fingerprint density at radius 2 is 1.18 bits per heavy atom. The molecule has 0 fully saturated rings. The molecule has 0 spiro atoms. The van der Waals surface area contributed by atoms with Gasteiger partial charge in [0.2, 0.25) is 0 Å². The molecule has 0 amide bonds. The van der Waals surface area contributed by atoms with Gasteiger partial charge in [0.25, 0.3) is 0 Å². The molecule has 0 aliphatic rings. The summed E-state index contributed by atoms with van der Waals surface area (Å²) in [6, 6.07) is 0. The van der Waals surface area contributed by atoms with Gasteiger partial charge in [-0.1, -0.05) is 0 Å². The quantitative estimate of drug-likeness (QED) is 0.597. The second-order valence-corrected chi connectivity index (χ2v) is 3.93. The van der Waals surface area contributed by atoms with Gasteiger partial charge in [0, 0.05) is 6.42 Å². The van der Waals surface area contributed by atoms with Crippen molar-refractivity contribution < 1.29 is 9.68 Å². The fourth-order valence-corrected chi connectivity index (χ4v) is 1.11. The Morgan fingerprint density at radius 3 is 1.36 bits per heavy atom. The lowest BCUT2D eigenvalue weighted by atomic mass is 9.92. The fraction of sp³-hybridized carbons (Fsp3) is 1.00. The first-order valence-corrected chi connectivity index (χ1v) is 3.59. The van der Waals surface area contributed by atoms with E-state index in [1.165, 1.54) is 0 Å². The summed E-state index contributed by atoms with van der Waals surface area (Å²) in [6.45, 7) is 7.53. The molecule has 0 radical (unpaired) electrons. The minimum Gasteiger partial charge on any atom is -0.299 e. The van der Waals surface area contributed by atoms with Gasteiger partial charge in [0.15, 0.2) is 0 Å². The van der Waals surface area contributed by atoms with Crippen molar-refractivity contribution in [1.82, 2.24) is 0 Å². The summed E-state index contributed by atoms with van der Waals surface area (Å²) >= 11 is 0. The van der Waals surface area contributed by atoms with Crippen molar-refractivity contribution in [1.29, 1.82) is 0 Å². The molecule has 4 N–H and O–H groups in total. The Labute approximate surface area is 67.7 Å². The molecule has 0 heterocycles. The Balaban J connectivity index is 4.02. The number of hydrogen-bond acceptors (Lipinski definition) is 4. The summed E-state index contributed by atoms with van der Waals surface area (Å²) in [7, 11) is 0. The van der Waals surface area contributed by atoms with Gasteiger partial charge in [-0.05, 0) is 27.7 Å². The standard InChI is InChI=1S/C7H18N2O2/c1-6(2,10-8)5-7(3,4)11-9/h5,8-9H2,1-4H3. The van der Waals surface area contributed by atoms with Crippen LogP contribution in [-0.2, 0) is 9.68 Å².